The van der Waals surface area contributed by atoms with Crippen LogP contribution in [0.5, 0.6) is 0 Å². The topological polar surface area (TPSA) is 71.3 Å². The largest absolute Gasteiger partial charge is 0.329 e. The Labute approximate surface area is 141 Å². The van der Waals surface area contributed by atoms with Crippen LogP contribution < -0.4 is 21.5 Å². The van der Waals surface area contributed by atoms with Crippen LogP contribution in [0.25, 0.3) is 0 Å². The average Bonchev–Trinajstić information content (AvgIpc) is 2.61. The lowest BCUT2D eigenvalue weighted by Crippen LogP contribution is -3.16. The van der Waals surface area contributed by atoms with Gasteiger partial charge in [0.05, 0.1) is 6.04 Å². The Morgan fingerprint density at radius 1 is 1.25 bits per heavy atom. The Kier molecular flexibility index (Phi) is 4.85. The number of nitrogens with zero attached hydrogens (tertiary/aromatic N) is 1. The van der Waals surface area contributed by atoms with Crippen molar-refractivity contribution in [2.45, 2.75) is 45.8 Å². The van der Waals surface area contributed by atoms with Crippen LogP contribution in [0, 0.1) is 0 Å². The lowest BCUT2D eigenvalue weighted by molar-refractivity contribution is -0.935. The molecule has 1 unspecified atom stereocenters. The lowest BCUT2D eigenvalue weighted by atomic mass is 10.1. The monoisotopic (exact) mass is 329 g/mol. The zero-order chi connectivity index (χ0) is 17.1. The number of H-pyrrole nitrogens is 1. The van der Waals surface area contributed by atoms with Crippen molar-refractivity contribution in [1.29, 1.82) is 0 Å². The van der Waals surface area contributed by atoms with Gasteiger partial charge in [0.15, 0.2) is 6.67 Å². The summed E-state index contributed by atoms with van der Waals surface area (Å²) >= 11 is 0. The molecule has 0 aliphatic carbocycles. The smallest absolute Gasteiger partial charge is 0.324 e. The summed E-state index contributed by atoms with van der Waals surface area (Å²) in [5, 5.41) is 3.32. The van der Waals surface area contributed by atoms with Crippen LogP contribution in [0.15, 0.2) is 39.9 Å². The normalized spacial score (nSPS) is 17.8. The van der Waals surface area contributed by atoms with Gasteiger partial charge in [-0.15, -0.1) is 0 Å². The van der Waals surface area contributed by atoms with Gasteiger partial charge in [-0.1, -0.05) is 37.3 Å². The first-order valence-electron chi connectivity index (χ1n) is 8.58. The molecule has 6 heteroatoms. The zero-order valence-electron chi connectivity index (χ0n) is 14.3. The SMILES string of the molecule is CC[C@@H](C)[NH+]1CNc2c(c(=O)[nH]c(=O)n2CCc2ccccc2)C1. The zero-order valence-corrected chi connectivity index (χ0v) is 14.3. The van der Waals surface area contributed by atoms with Crippen molar-refractivity contribution in [2.24, 2.45) is 0 Å². The number of nitrogens with one attached hydrogen (secondary N) is 3. The molecule has 0 radical (unpaired) electrons. The highest BCUT2D eigenvalue weighted by Gasteiger charge is 2.27. The molecular formula is C18H25N4O2+. The number of aryl methyl sites for hydroxylation is 1. The minimum absolute atomic E-state index is 0.265. The average molecular weight is 329 g/mol. The van der Waals surface area contributed by atoms with Gasteiger partial charge in [0.25, 0.3) is 5.56 Å². The van der Waals surface area contributed by atoms with E-state index in [4.69, 9.17) is 0 Å². The Bertz CT molecular complexity index is 810. The maximum atomic E-state index is 12.3. The fourth-order valence-electron chi connectivity index (χ4n) is 3.20. The molecule has 0 saturated carbocycles. The molecule has 2 aromatic rings. The van der Waals surface area contributed by atoms with Crippen molar-refractivity contribution in [1.82, 2.24) is 9.55 Å². The van der Waals surface area contributed by atoms with Crippen molar-refractivity contribution in [3.8, 4) is 0 Å². The second kappa shape index (κ2) is 7.05. The molecule has 2 heterocycles. The maximum absolute atomic E-state index is 12.3. The number of aromatic nitrogens is 2. The van der Waals surface area contributed by atoms with E-state index >= 15 is 0 Å². The fourth-order valence-corrected chi connectivity index (χ4v) is 3.20. The summed E-state index contributed by atoms with van der Waals surface area (Å²) in [5.41, 5.74) is 1.25. The number of quaternary nitrogens is 1. The highest BCUT2D eigenvalue weighted by Crippen LogP contribution is 2.12. The van der Waals surface area contributed by atoms with E-state index < -0.39 is 0 Å². The van der Waals surface area contributed by atoms with Crippen LogP contribution in [-0.4, -0.2) is 22.3 Å². The summed E-state index contributed by atoms with van der Waals surface area (Å²) in [6, 6.07) is 10.5. The first-order chi connectivity index (χ1) is 11.6. The molecule has 0 spiro atoms. The number of rotatable bonds is 5. The molecule has 0 bridgehead atoms. The van der Waals surface area contributed by atoms with Crippen LogP contribution in [0.4, 0.5) is 5.82 Å². The minimum Gasteiger partial charge on any atom is -0.324 e. The van der Waals surface area contributed by atoms with Gasteiger partial charge >= 0.3 is 5.69 Å². The third-order valence-electron chi connectivity index (χ3n) is 4.96. The summed E-state index contributed by atoms with van der Waals surface area (Å²) in [6.07, 6.45) is 1.81. The Balaban J connectivity index is 1.89. The minimum atomic E-state index is -0.339. The Morgan fingerprint density at radius 2 is 2.00 bits per heavy atom. The van der Waals surface area contributed by atoms with Crippen molar-refractivity contribution < 1.29 is 4.90 Å². The van der Waals surface area contributed by atoms with Crippen molar-refractivity contribution >= 4 is 5.82 Å². The number of fused-ring (bicyclic) bond motifs is 1. The van der Waals surface area contributed by atoms with Crippen LogP contribution in [0.2, 0.25) is 0 Å². The second-order valence-electron chi connectivity index (χ2n) is 6.47. The quantitative estimate of drug-likeness (QED) is 0.741. The summed E-state index contributed by atoms with van der Waals surface area (Å²) in [6.45, 7) is 6.27. The molecule has 3 N–H and O–H groups in total. The standard InChI is InChI=1S/C18H24N4O2/c1-3-13(2)21-11-15-16(19-12-21)22(18(24)20-17(15)23)10-9-14-7-5-4-6-8-14/h4-8,13,19H,3,9-12H2,1-2H3,(H,20,23,24)/p+1/t13-/m1/s1. The predicted octanol–water partition coefficient (Wildman–Crippen LogP) is 0.346. The van der Waals surface area contributed by atoms with Crippen molar-refractivity contribution in [3.63, 3.8) is 0 Å². The summed E-state index contributed by atoms with van der Waals surface area (Å²) in [5.74, 6) is 0.687. The van der Waals surface area contributed by atoms with Gasteiger partial charge < -0.3 is 10.2 Å². The van der Waals surface area contributed by atoms with Gasteiger partial charge in [0.2, 0.25) is 0 Å². The van der Waals surface area contributed by atoms with Crippen molar-refractivity contribution in [3.05, 3.63) is 62.3 Å². The number of hydrogen-bond donors (Lipinski definition) is 3. The van der Waals surface area contributed by atoms with E-state index in [-0.39, 0.29) is 11.2 Å². The fraction of sp³-hybridized carbons (Fsp3) is 0.444. The molecule has 2 atom stereocenters. The highest BCUT2D eigenvalue weighted by atomic mass is 16.2. The number of benzene rings is 1. The van der Waals surface area contributed by atoms with Gasteiger partial charge in [-0.3, -0.25) is 14.3 Å². The van der Waals surface area contributed by atoms with Crippen LogP contribution >= 0.6 is 0 Å². The lowest BCUT2D eigenvalue weighted by Gasteiger charge is -2.31. The predicted molar refractivity (Wildman–Crippen MR) is 94.4 cm³/mol. The van der Waals surface area contributed by atoms with Crippen molar-refractivity contribution in [2.75, 3.05) is 12.0 Å². The van der Waals surface area contributed by atoms with E-state index in [9.17, 15) is 9.59 Å². The summed E-state index contributed by atoms with van der Waals surface area (Å²) in [7, 11) is 0. The van der Waals surface area contributed by atoms with E-state index in [1.54, 1.807) is 4.57 Å². The molecule has 1 aromatic heterocycles. The van der Waals surface area contributed by atoms with Crippen LogP contribution in [-0.2, 0) is 19.5 Å². The van der Waals surface area contributed by atoms with E-state index in [1.807, 2.05) is 30.3 Å². The summed E-state index contributed by atoms with van der Waals surface area (Å²) in [4.78, 5) is 28.3. The van der Waals surface area contributed by atoms with Gasteiger partial charge in [-0.05, 0) is 25.3 Å². The molecule has 128 valence electrons. The third-order valence-corrected chi connectivity index (χ3v) is 4.96. The Hall–Kier alpha value is -2.34. The van der Waals surface area contributed by atoms with E-state index in [1.165, 1.54) is 10.5 Å². The van der Waals surface area contributed by atoms with Gasteiger partial charge in [0, 0.05) is 6.54 Å². The Morgan fingerprint density at radius 3 is 2.71 bits per heavy atom. The molecule has 6 nitrogen and oxygen atoms in total. The third kappa shape index (κ3) is 3.28. The van der Waals surface area contributed by atoms with Gasteiger partial charge in [-0.2, -0.15) is 0 Å². The molecule has 0 amide bonds. The molecule has 0 fully saturated rings. The molecule has 1 aromatic carbocycles. The molecule has 1 aliphatic rings. The van der Waals surface area contributed by atoms with E-state index in [0.717, 1.165) is 19.5 Å². The van der Waals surface area contributed by atoms with Crippen LogP contribution in [0.1, 0.15) is 31.4 Å². The number of aromatic amines is 1. The first-order valence-corrected chi connectivity index (χ1v) is 8.58. The van der Waals surface area contributed by atoms with Gasteiger partial charge in [-0.25, -0.2) is 4.79 Å². The highest BCUT2D eigenvalue weighted by molar-refractivity contribution is 5.44. The second-order valence-corrected chi connectivity index (χ2v) is 6.47. The van der Waals surface area contributed by atoms with Crippen LogP contribution in [0.3, 0.4) is 0 Å². The molecule has 1 aliphatic heterocycles. The number of anilines is 1. The molecule has 24 heavy (non-hydrogen) atoms. The maximum Gasteiger partial charge on any atom is 0.329 e. The summed E-state index contributed by atoms with van der Waals surface area (Å²) < 4.78 is 1.66. The number of hydrogen-bond acceptors (Lipinski definition) is 3. The van der Waals surface area contributed by atoms with Gasteiger partial charge in [0.1, 0.15) is 17.9 Å². The van der Waals surface area contributed by atoms with E-state index in [2.05, 4.69) is 24.1 Å². The molecular weight excluding hydrogens is 304 g/mol. The van der Waals surface area contributed by atoms with E-state index in [0.29, 0.717) is 30.5 Å². The first kappa shape index (κ1) is 16.5. The molecule has 0 saturated heterocycles. The molecule has 3 rings (SSSR count).